The molecule has 0 spiro atoms. The second kappa shape index (κ2) is 4.31. The van der Waals surface area contributed by atoms with Gasteiger partial charge in [0.15, 0.2) is 0 Å². The van der Waals surface area contributed by atoms with Crippen LogP contribution in [0.3, 0.4) is 0 Å². The van der Waals surface area contributed by atoms with Crippen LogP contribution >= 0.6 is 11.3 Å². The first-order valence-corrected chi connectivity index (χ1v) is 5.11. The van der Waals surface area contributed by atoms with Crippen molar-refractivity contribution in [1.29, 1.82) is 0 Å². The molecular formula is C10H15NS. The van der Waals surface area contributed by atoms with Gasteiger partial charge in [0.05, 0.1) is 0 Å². The number of hydrogen-bond donors (Lipinski definition) is 1. The van der Waals surface area contributed by atoms with Crippen molar-refractivity contribution in [2.45, 2.75) is 20.3 Å². The van der Waals surface area contributed by atoms with Gasteiger partial charge in [0, 0.05) is 17.6 Å². The summed E-state index contributed by atoms with van der Waals surface area (Å²) < 4.78 is 0. The van der Waals surface area contributed by atoms with Crippen LogP contribution < -0.4 is 5.32 Å². The van der Waals surface area contributed by atoms with Gasteiger partial charge >= 0.3 is 0 Å². The first kappa shape index (κ1) is 9.33. The standard InChI is InChI=1S/C10H15NS/c1-4-8(2)5-11-10-7-12-6-9(10)3/h6-7,11H,2,4-5H2,1,3H3. The van der Waals surface area contributed by atoms with Gasteiger partial charge in [-0.1, -0.05) is 19.1 Å². The van der Waals surface area contributed by atoms with Crippen molar-refractivity contribution in [2.75, 3.05) is 11.9 Å². The van der Waals surface area contributed by atoms with Gasteiger partial charge in [-0.2, -0.15) is 0 Å². The van der Waals surface area contributed by atoms with E-state index in [-0.39, 0.29) is 0 Å². The molecule has 0 saturated carbocycles. The Hall–Kier alpha value is -0.760. The topological polar surface area (TPSA) is 12.0 Å². The molecule has 1 aromatic heterocycles. The predicted molar refractivity (Wildman–Crippen MR) is 57.0 cm³/mol. The van der Waals surface area contributed by atoms with E-state index >= 15 is 0 Å². The van der Waals surface area contributed by atoms with Crippen LogP contribution in [0.4, 0.5) is 5.69 Å². The van der Waals surface area contributed by atoms with Crippen LogP contribution in [-0.4, -0.2) is 6.54 Å². The van der Waals surface area contributed by atoms with E-state index in [2.05, 4.69) is 36.5 Å². The van der Waals surface area contributed by atoms with Crippen molar-refractivity contribution in [3.05, 3.63) is 28.5 Å². The van der Waals surface area contributed by atoms with Gasteiger partial charge in [0.2, 0.25) is 0 Å². The van der Waals surface area contributed by atoms with E-state index in [1.54, 1.807) is 11.3 Å². The van der Waals surface area contributed by atoms with Gasteiger partial charge in [-0.3, -0.25) is 0 Å². The molecule has 12 heavy (non-hydrogen) atoms. The minimum Gasteiger partial charge on any atom is -0.380 e. The molecule has 1 rings (SSSR count). The second-order valence-electron chi connectivity index (χ2n) is 2.93. The number of rotatable bonds is 4. The quantitative estimate of drug-likeness (QED) is 0.702. The molecule has 0 amide bonds. The largest absolute Gasteiger partial charge is 0.380 e. The van der Waals surface area contributed by atoms with Gasteiger partial charge in [0.1, 0.15) is 0 Å². The average Bonchev–Trinajstić information content (AvgIpc) is 2.47. The predicted octanol–water partition coefficient (Wildman–Crippen LogP) is 3.43. The van der Waals surface area contributed by atoms with Crippen LogP contribution in [0.2, 0.25) is 0 Å². The fourth-order valence-electron chi connectivity index (χ4n) is 0.887. The Morgan fingerprint density at radius 3 is 2.83 bits per heavy atom. The molecule has 1 heterocycles. The number of thiophene rings is 1. The minimum absolute atomic E-state index is 0.897. The van der Waals surface area contributed by atoms with Crippen molar-refractivity contribution in [1.82, 2.24) is 0 Å². The highest BCUT2D eigenvalue weighted by Crippen LogP contribution is 2.19. The summed E-state index contributed by atoms with van der Waals surface area (Å²) in [6, 6.07) is 0. The number of hydrogen-bond acceptors (Lipinski definition) is 2. The number of nitrogens with one attached hydrogen (secondary N) is 1. The molecule has 0 unspecified atom stereocenters. The molecule has 0 aliphatic heterocycles. The summed E-state index contributed by atoms with van der Waals surface area (Å²) in [7, 11) is 0. The van der Waals surface area contributed by atoms with Crippen LogP contribution in [0.25, 0.3) is 0 Å². The second-order valence-corrected chi connectivity index (χ2v) is 3.67. The molecule has 0 bridgehead atoms. The van der Waals surface area contributed by atoms with Crippen LogP contribution in [0.1, 0.15) is 18.9 Å². The Kier molecular flexibility index (Phi) is 3.35. The lowest BCUT2D eigenvalue weighted by atomic mass is 10.2. The van der Waals surface area contributed by atoms with Crippen molar-refractivity contribution in [2.24, 2.45) is 0 Å². The highest BCUT2D eigenvalue weighted by molar-refractivity contribution is 7.08. The highest BCUT2D eigenvalue weighted by atomic mass is 32.1. The Labute approximate surface area is 78.1 Å². The Balaban J connectivity index is 2.43. The lowest BCUT2D eigenvalue weighted by Gasteiger charge is -2.05. The summed E-state index contributed by atoms with van der Waals surface area (Å²) >= 11 is 1.73. The normalized spacial score (nSPS) is 9.83. The Morgan fingerprint density at radius 2 is 2.33 bits per heavy atom. The van der Waals surface area contributed by atoms with Gasteiger partial charge in [0.25, 0.3) is 0 Å². The van der Waals surface area contributed by atoms with Crippen molar-refractivity contribution in [3.63, 3.8) is 0 Å². The molecule has 1 aromatic rings. The molecule has 0 aliphatic carbocycles. The SMILES string of the molecule is C=C(CC)CNc1cscc1C. The van der Waals surface area contributed by atoms with Gasteiger partial charge in [-0.25, -0.2) is 0 Å². The van der Waals surface area contributed by atoms with Crippen molar-refractivity contribution >= 4 is 17.0 Å². The van der Waals surface area contributed by atoms with Crippen LogP contribution in [0.15, 0.2) is 22.9 Å². The molecule has 0 atom stereocenters. The van der Waals surface area contributed by atoms with E-state index in [4.69, 9.17) is 0 Å². The fourth-order valence-corrected chi connectivity index (χ4v) is 1.69. The van der Waals surface area contributed by atoms with Crippen molar-refractivity contribution < 1.29 is 0 Å². The molecule has 66 valence electrons. The van der Waals surface area contributed by atoms with Gasteiger partial charge in [-0.15, -0.1) is 11.3 Å². The van der Waals surface area contributed by atoms with E-state index < -0.39 is 0 Å². The molecule has 0 saturated heterocycles. The van der Waals surface area contributed by atoms with E-state index in [1.807, 2.05) is 0 Å². The van der Waals surface area contributed by atoms with E-state index in [1.165, 1.54) is 16.8 Å². The van der Waals surface area contributed by atoms with E-state index in [0.29, 0.717) is 0 Å². The summed E-state index contributed by atoms with van der Waals surface area (Å²) in [4.78, 5) is 0. The molecule has 0 radical (unpaired) electrons. The third-order valence-electron chi connectivity index (χ3n) is 1.88. The maximum Gasteiger partial charge on any atom is 0.0481 e. The molecular weight excluding hydrogens is 166 g/mol. The zero-order valence-corrected chi connectivity index (χ0v) is 8.50. The first-order valence-electron chi connectivity index (χ1n) is 4.17. The molecule has 0 aromatic carbocycles. The Bertz CT molecular complexity index is 263. The lowest BCUT2D eigenvalue weighted by molar-refractivity contribution is 1.05. The summed E-state index contributed by atoms with van der Waals surface area (Å²) in [6.45, 7) is 9.09. The van der Waals surface area contributed by atoms with Crippen LogP contribution in [-0.2, 0) is 0 Å². The molecule has 1 nitrogen and oxygen atoms in total. The maximum absolute atomic E-state index is 3.94. The average molecular weight is 181 g/mol. The zero-order valence-electron chi connectivity index (χ0n) is 7.68. The third kappa shape index (κ3) is 2.38. The lowest BCUT2D eigenvalue weighted by Crippen LogP contribution is -2.03. The van der Waals surface area contributed by atoms with Crippen molar-refractivity contribution in [3.8, 4) is 0 Å². The molecule has 1 N–H and O–H groups in total. The van der Waals surface area contributed by atoms with Crippen LogP contribution in [0, 0.1) is 6.92 Å². The van der Waals surface area contributed by atoms with E-state index in [0.717, 1.165) is 13.0 Å². The zero-order chi connectivity index (χ0) is 8.97. The summed E-state index contributed by atoms with van der Waals surface area (Å²) in [6.07, 6.45) is 1.05. The maximum atomic E-state index is 3.94. The van der Waals surface area contributed by atoms with Crippen LogP contribution in [0.5, 0.6) is 0 Å². The number of aryl methyl sites for hydroxylation is 1. The highest BCUT2D eigenvalue weighted by Gasteiger charge is 1.97. The minimum atomic E-state index is 0.897. The first-order chi connectivity index (χ1) is 5.74. The smallest absolute Gasteiger partial charge is 0.0481 e. The molecule has 2 heteroatoms. The summed E-state index contributed by atoms with van der Waals surface area (Å²) in [5.74, 6) is 0. The molecule has 0 aliphatic rings. The Morgan fingerprint density at radius 1 is 1.58 bits per heavy atom. The van der Waals surface area contributed by atoms with Gasteiger partial charge < -0.3 is 5.32 Å². The fraction of sp³-hybridized carbons (Fsp3) is 0.400. The van der Waals surface area contributed by atoms with Gasteiger partial charge in [-0.05, 0) is 24.3 Å². The summed E-state index contributed by atoms with van der Waals surface area (Å²) in [5, 5.41) is 7.64. The summed E-state index contributed by atoms with van der Waals surface area (Å²) in [5.41, 5.74) is 3.82. The number of anilines is 1. The monoisotopic (exact) mass is 181 g/mol. The van der Waals surface area contributed by atoms with E-state index in [9.17, 15) is 0 Å². The molecule has 0 fully saturated rings. The third-order valence-corrected chi connectivity index (χ3v) is 2.75.